The van der Waals surface area contributed by atoms with Crippen molar-refractivity contribution in [3.05, 3.63) is 46.7 Å². The summed E-state index contributed by atoms with van der Waals surface area (Å²) < 4.78 is 18.0. The monoisotopic (exact) mass is 280 g/mol. The summed E-state index contributed by atoms with van der Waals surface area (Å²) in [4.78, 5) is 15.6. The van der Waals surface area contributed by atoms with E-state index in [0.29, 0.717) is 18.7 Å². The van der Waals surface area contributed by atoms with Crippen LogP contribution in [-0.2, 0) is 11.2 Å². The Morgan fingerprint density at radius 3 is 3.11 bits per heavy atom. The Kier molecular flexibility index (Phi) is 4.85. The first-order valence-electron chi connectivity index (χ1n) is 5.77. The number of rotatable bonds is 6. The number of carbonyl (C=O) groups is 1. The van der Waals surface area contributed by atoms with Crippen LogP contribution in [0.1, 0.15) is 5.01 Å². The molecule has 0 atom stereocenters. The summed E-state index contributed by atoms with van der Waals surface area (Å²) in [7, 11) is 0. The molecule has 0 aliphatic carbocycles. The average molecular weight is 280 g/mol. The standard InChI is InChI=1S/C13H13FN2O2S/c14-10-2-1-3-11(8-10)18-9-12(17)15-5-4-13-16-6-7-19-13/h1-3,6-8H,4-5,9H2,(H,15,17). The molecule has 0 spiro atoms. The third-order valence-electron chi connectivity index (χ3n) is 2.31. The Hall–Kier alpha value is -1.95. The van der Waals surface area contributed by atoms with Gasteiger partial charge in [-0.25, -0.2) is 9.37 Å². The highest BCUT2D eigenvalue weighted by Gasteiger charge is 2.03. The maximum Gasteiger partial charge on any atom is 0.257 e. The number of thiazole rings is 1. The molecule has 0 saturated heterocycles. The van der Waals surface area contributed by atoms with Crippen LogP contribution in [0, 0.1) is 5.82 Å². The van der Waals surface area contributed by atoms with E-state index in [2.05, 4.69) is 10.3 Å². The smallest absolute Gasteiger partial charge is 0.257 e. The molecule has 2 rings (SSSR count). The highest BCUT2D eigenvalue weighted by molar-refractivity contribution is 7.09. The van der Waals surface area contributed by atoms with Gasteiger partial charge in [-0.2, -0.15) is 0 Å². The molecule has 1 amide bonds. The molecule has 0 radical (unpaired) electrons. The highest BCUT2D eigenvalue weighted by Crippen LogP contribution is 2.11. The topological polar surface area (TPSA) is 51.2 Å². The maximum atomic E-state index is 12.9. The molecular weight excluding hydrogens is 267 g/mol. The highest BCUT2D eigenvalue weighted by atomic mass is 32.1. The van der Waals surface area contributed by atoms with Gasteiger partial charge in [-0.1, -0.05) is 6.07 Å². The van der Waals surface area contributed by atoms with Gasteiger partial charge in [-0.05, 0) is 12.1 Å². The number of hydrogen-bond donors (Lipinski definition) is 1. The predicted molar refractivity (Wildman–Crippen MR) is 70.7 cm³/mol. The number of hydrogen-bond acceptors (Lipinski definition) is 4. The molecule has 100 valence electrons. The normalized spacial score (nSPS) is 10.2. The van der Waals surface area contributed by atoms with E-state index < -0.39 is 0 Å². The van der Waals surface area contributed by atoms with Crippen LogP contribution in [0.5, 0.6) is 5.75 Å². The minimum absolute atomic E-state index is 0.124. The number of benzene rings is 1. The Bertz CT molecular complexity index is 531. The van der Waals surface area contributed by atoms with Crippen molar-refractivity contribution in [3.8, 4) is 5.75 Å². The molecule has 2 aromatic rings. The summed E-state index contributed by atoms with van der Waals surface area (Å²) >= 11 is 1.55. The second-order valence-corrected chi connectivity index (χ2v) is 4.75. The zero-order chi connectivity index (χ0) is 13.5. The molecule has 1 N–H and O–H groups in total. The Balaban J connectivity index is 1.67. The van der Waals surface area contributed by atoms with Gasteiger partial charge in [0.2, 0.25) is 0 Å². The first kappa shape index (κ1) is 13.5. The second kappa shape index (κ2) is 6.84. The fourth-order valence-corrected chi connectivity index (χ4v) is 2.06. The van der Waals surface area contributed by atoms with Crippen molar-refractivity contribution in [2.45, 2.75) is 6.42 Å². The van der Waals surface area contributed by atoms with Crippen LogP contribution in [0.3, 0.4) is 0 Å². The van der Waals surface area contributed by atoms with Crippen molar-refractivity contribution >= 4 is 17.2 Å². The summed E-state index contributed by atoms with van der Waals surface area (Å²) in [6, 6.07) is 5.70. The number of carbonyl (C=O) groups excluding carboxylic acids is 1. The van der Waals surface area contributed by atoms with Crippen molar-refractivity contribution < 1.29 is 13.9 Å². The third-order valence-corrected chi connectivity index (χ3v) is 3.15. The third kappa shape index (κ3) is 4.67. The molecule has 0 bridgehead atoms. The molecule has 19 heavy (non-hydrogen) atoms. The van der Waals surface area contributed by atoms with Crippen LogP contribution in [0.15, 0.2) is 35.8 Å². The van der Waals surface area contributed by atoms with E-state index in [4.69, 9.17) is 4.74 Å². The molecule has 4 nitrogen and oxygen atoms in total. The molecule has 0 unspecified atom stereocenters. The van der Waals surface area contributed by atoms with Crippen molar-refractivity contribution in [2.75, 3.05) is 13.2 Å². The molecule has 0 saturated carbocycles. The predicted octanol–water partition coefficient (Wildman–Crippen LogP) is 2.02. The van der Waals surface area contributed by atoms with Gasteiger partial charge in [0.15, 0.2) is 6.61 Å². The zero-order valence-electron chi connectivity index (χ0n) is 10.1. The number of amides is 1. The van der Waals surface area contributed by atoms with Gasteiger partial charge in [0.1, 0.15) is 11.6 Å². The van der Waals surface area contributed by atoms with E-state index in [0.717, 1.165) is 5.01 Å². The molecule has 6 heteroatoms. The number of nitrogens with zero attached hydrogens (tertiary/aromatic N) is 1. The van der Waals surface area contributed by atoms with Gasteiger partial charge in [0.25, 0.3) is 5.91 Å². The van der Waals surface area contributed by atoms with E-state index in [1.807, 2.05) is 5.38 Å². The Labute approximate surface area is 114 Å². The Morgan fingerprint density at radius 2 is 2.37 bits per heavy atom. The van der Waals surface area contributed by atoms with E-state index in [1.165, 1.54) is 18.2 Å². The Morgan fingerprint density at radius 1 is 1.47 bits per heavy atom. The van der Waals surface area contributed by atoms with Crippen LogP contribution in [-0.4, -0.2) is 24.0 Å². The average Bonchev–Trinajstić information content (AvgIpc) is 2.90. The minimum atomic E-state index is -0.387. The number of nitrogens with one attached hydrogen (secondary N) is 1. The first-order chi connectivity index (χ1) is 9.24. The van der Waals surface area contributed by atoms with E-state index >= 15 is 0 Å². The molecule has 1 aromatic carbocycles. The quantitative estimate of drug-likeness (QED) is 0.880. The second-order valence-electron chi connectivity index (χ2n) is 3.77. The summed E-state index contributed by atoms with van der Waals surface area (Å²) in [6.45, 7) is 0.389. The van der Waals surface area contributed by atoms with Gasteiger partial charge < -0.3 is 10.1 Å². The van der Waals surface area contributed by atoms with Crippen LogP contribution in [0.4, 0.5) is 4.39 Å². The summed E-state index contributed by atoms with van der Waals surface area (Å²) in [5.74, 6) is -0.280. The number of halogens is 1. The lowest BCUT2D eigenvalue weighted by Crippen LogP contribution is -2.30. The number of ether oxygens (including phenoxy) is 1. The molecule has 1 aromatic heterocycles. The van der Waals surface area contributed by atoms with Gasteiger partial charge in [0, 0.05) is 30.6 Å². The van der Waals surface area contributed by atoms with Crippen molar-refractivity contribution in [1.82, 2.24) is 10.3 Å². The van der Waals surface area contributed by atoms with Crippen LogP contribution in [0.25, 0.3) is 0 Å². The maximum absolute atomic E-state index is 12.9. The van der Waals surface area contributed by atoms with Gasteiger partial charge in [-0.15, -0.1) is 11.3 Å². The molecule has 1 heterocycles. The van der Waals surface area contributed by atoms with Gasteiger partial charge in [-0.3, -0.25) is 4.79 Å². The van der Waals surface area contributed by atoms with Crippen LogP contribution < -0.4 is 10.1 Å². The minimum Gasteiger partial charge on any atom is -0.484 e. The van der Waals surface area contributed by atoms with Gasteiger partial charge >= 0.3 is 0 Å². The van der Waals surface area contributed by atoms with E-state index in [9.17, 15) is 9.18 Å². The van der Waals surface area contributed by atoms with Crippen molar-refractivity contribution in [2.24, 2.45) is 0 Å². The molecule has 0 aliphatic heterocycles. The summed E-state index contributed by atoms with van der Waals surface area (Å²) in [5.41, 5.74) is 0. The molecule has 0 fully saturated rings. The fourth-order valence-electron chi connectivity index (χ4n) is 1.44. The van der Waals surface area contributed by atoms with Crippen LogP contribution >= 0.6 is 11.3 Å². The molecular formula is C13H13FN2O2S. The van der Waals surface area contributed by atoms with Crippen molar-refractivity contribution in [3.63, 3.8) is 0 Å². The lowest BCUT2D eigenvalue weighted by atomic mass is 10.3. The largest absolute Gasteiger partial charge is 0.484 e. The summed E-state index contributed by atoms with van der Waals surface area (Å²) in [6.07, 6.45) is 2.43. The van der Waals surface area contributed by atoms with E-state index in [-0.39, 0.29) is 18.3 Å². The first-order valence-corrected chi connectivity index (χ1v) is 6.65. The molecule has 0 aliphatic rings. The fraction of sp³-hybridized carbons (Fsp3) is 0.231. The lowest BCUT2D eigenvalue weighted by Gasteiger charge is -2.06. The van der Waals surface area contributed by atoms with E-state index in [1.54, 1.807) is 23.6 Å². The zero-order valence-corrected chi connectivity index (χ0v) is 11.0. The number of aromatic nitrogens is 1. The lowest BCUT2D eigenvalue weighted by molar-refractivity contribution is -0.123. The SMILES string of the molecule is O=C(COc1cccc(F)c1)NCCc1nccs1. The summed E-state index contributed by atoms with van der Waals surface area (Å²) in [5, 5.41) is 5.59. The van der Waals surface area contributed by atoms with Crippen LogP contribution in [0.2, 0.25) is 0 Å². The van der Waals surface area contributed by atoms with Gasteiger partial charge in [0.05, 0.1) is 5.01 Å². The van der Waals surface area contributed by atoms with Crippen molar-refractivity contribution in [1.29, 1.82) is 0 Å².